The zero-order valence-electron chi connectivity index (χ0n) is 14.9. The molecule has 0 spiro atoms. The molecular formula is C18H35NO2. The summed E-state index contributed by atoms with van der Waals surface area (Å²) in [5, 5.41) is 10.6. The van der Waals surface area contributed by atoms with Crippen molar-refractivity contribution in [1.82, 2.24) is 4.90 Å². The molecule has 0 amide bonds. The van der Waals surface area contributed by atoms with Gasteiger partial charge in [0.2, 0.25) is 0 Å². The van der Waals surface area contributed by atoms with Crippen LogP contribution in [-0.4, -0.2) is 46.9 Å². The first-order valence-electron chi connectivity index (χ1n) is 8.76. The first-order valence-corrected chi connectivity index (χ1v) is 8.76. The number of aliphatic hydroxyl groups is 1. The van der Waals surface area contributed by atoms with Gasteiger partial charge in [0.1, 0.15) is 0 Å². The lowest BCUT2D eigenvalue weighted by atomic mass is 9.81. The van der Waals surface area contributed by atoms with E-state index in [0.717, 1.165) is 12.5 Å². The molecule has 2 unspecified atom stereocenters. The van der Waals surface area contributed by atoms with Crippen molar-refractivity contribution in [3.8, 4) is 0 Å². The number of nitrogens with zero attached hydrogens (tertiary/aromatic N) is 1. The maximum atomic E-state index is 10.6. The minimum absolute atomic E-state index is 0.182. The predicted octanol–water partition coefficient (Wildman–Crippen LogP) is 3.45. The van der Waals surface area contributed by atoms with Gasteiger partial charge in [0.05, 0.1) is 17.3 Å². The van der Waals surface area contributed by atoms with Crippen molar-refractivity contribution in [2.24, 2.45) is 11.8 Å². The van der Waals surface area contributed by atoms with Crippen LogP contribution in [0, 0.1) is 11.8 Å². The molecule has 0 radical (unpaired) electrons. The molecule has 21 heavy (non-hydrogen) atoms. The van der Waals surface area contributed by atoms with Gasteiger partial charge in [-0.25, -0.2) is 0 Å². The second kappa shape index (κ2) is 6.17. The molecule has 2 rings (SSSR count). The minimum atomic E-state index is -0.436. The molecule has 2 atom stereocenters. The summed E-state index contributed by atoms with van der Waals surface area (Å²) < 4.78 is 6.11. The Balaban J connectivity index is 1.95. The van der Waals surface area contributed by atoms with Gasteiger partial charge in [-0.1, -0.05) is 13.3 Å². The van der Waals surface area contributed by atoms with Gasteiger partial charge >= 0.3 is 0 Å². The van der Waals surface area contributed by atoms with Crippen LogP contribution in [0.1, 0.15) is 66.7 Å². The van der Waals surface area contributed by atoms with Gasteiger partial charge in [-0.05, 0) is 66.3 Å². The summed E-state index contributed by atoms with van der Waals surface area (Å²) in [5.74, 6) is 1.12. The van der Waals surface area contributed by atoms with Crippen LogP contribution in [0.3, 0.4) is 0 Å². The molecular weight excluding hydrogens is 262 g/mol. The fourth-order valence-electron chi connectivity index (χ4n) is 4.45. The molecule has 1 aliphatic carbocycles. The molecule has 3 nitrogen and oxygen atoms in total. The lowest BCUT2D eigenvalue weighted by Crippen LogP contribution is -2.46. The summed E-state index contributed by atoms with van der Waals surface area (Å²) in [6, 6.07) is 0.680. The molecule has 3 heteroatoms. The van der Waals surface area contributed by atoms with Gasteiger partial charge in [-0.2, -0.15) is 0 Å². The molecule has 0 aromatic rings. The van der Waals surface area contributed by atoms with E-state index in [9.17, 15) is 5.11 Å². The normalized spacial score (nSPS) is 38.9. The van der Waals surface area contributed by atoms with E-state index in [1.54, 1.807) is 0 Å². The molecule has 1 heterocycles. The van der Waals surface area contributed by atoms with Gasteiger partial charge in [0, 0.05) is 18.5 Å². The Morgan fingerprint density at radius 3 is 2.05 bits per heavy atom. The van der Waals surface area contributed by atoms with Gasteiger partial charge in [0.15, 0.2) is 0 Å². The number of rotatable bonds is 4. The highest BCUT2D eigenvalue weighted by Gasteiger charge is 2.53. The zero-order valence-corrected chi connectivity index (χ0v) is 14.9. The van der Waals surface area contributed by atoms with Crippen LogP contribution in [0.25, 0.3) is 0 Å². The Hall–Kier alpha value is -0.120. The molecule has 124 valence electrons. The van der Waals surface area contributed by atoms with Crippen molar-refractivity contribution >= 4 is 0 Å². The van der Waals surface area contributed by atoms with E-state index in [0.29, 0.717) is 6.04 Å². The average molecular weight is 297 g/mol. The second-order valence-electron chi connectivity index (χ2n) is 8.38. The molecule has 0 aromatic heterocycles. The summed E-state index contributed by atoms with van der Waals surface area (Å²) in [5.41, 5.74) is -0.688. The van der Waals surface area contributed by atoms with Crippen molar-refractivity contribution in [2.75, 3.05) is 13.6 Å². The van der Waals surface area contributed by atoms with Crippen molar-refractivity contribution < 1.29 is 9.84 Å². The van der Waals surface area contributed by atoms with Crippen molar-refractivity contribution in [3.63, 3.8) is 0 Å². The van der Waals surface area contributed by atoms with Crippen LogP contribution >= 0.6 is 0 Å². The lowest BCUT2D eigenvalue weighted by Gasteiger charge is -2.38. The van der Waals surface area contributed by atoms with E-state index in [-0.39, 0.29) is 17.6 Å². The van der Waals surface area contributed by atoms with E-state index in [4.69, 9.17) is 4.74 Å². The van der Waals surface area contributed by atoms with Crippen LogP contribution in [-0.2, 0) is 4.74 Å². The Morgan fingerprint density at radius 2 is 1.62 bits per heavy atom. The largest absolute Gasteiger partial charge is 0.390 e. The maximum absolute atomic E-state index is 10.6. The average Bonchev–Trinajstić information content (AvgIpc) is 2.57. The maximum Gasteiger partial charge on any atom is 0.0896 e. The Kier molecular flexibility index (Phi) is 5.07. The predicted molar refractivity (Wildman–Crippen MR) is 87.4 cm³/mol. The van der Waals surface area contributed by atoms with Crippen molar-refractivity contribution in [1.29, 1.82) is 0 Å². The SMILES string of the molecule is CCC1CCC(N(C)CC2C(O)C(C)(C)OC2(C)C)CC1. The fourth-order valence-corrected chi connectivity index (χ4v) is 4.45. The Morgan fingerprint density at radius 1 is 1.05 bits per heavy atom. The lowest BCUT2D eigenvalue weighted by molar-refractivity contribution is -0.0915. The Bertz CT molecular complexity index is 345. The minimum Gasteiger partial charge on any atom is -0.390 e. The molecule has 1 aliphatic heterocycles. The molecule has 2 fully saturated rings. The summed E-state index contributed by atoms with van der Waals surface area (Å²) >= 11 is 0. The monoisotopic (exact) mass is 297 g/mol. The highest BCUT2D eigenvalue weighted by Crippen LogP contribution is 2.43. The molecule has 1 saturated heterocycles. The standard InChI is InChI=1S/C18H35NO2/c1-7-13-8-10-14(11-9-13)19(6)12-15-16(20)18(4,5)21-17(15,2)3/h13-16,20H,7-12H2,1-6H3. The number of aliphatic hydroxyl groups excluding tert-OH is 1. The van der Waals surface area contributed by atoms with E-state index < -0.39 is 5.60 Å². The molecule has 0 bridgehead atoms. The van der Waals surface area contributed by atoms with Gasteiger partial charge in [-0.3, -0.25) is 0 Å². The number of hydrogen-bond acceptors (Lipinski definition) is 3. The van der Waals surface area contributed by atoms with E-state index in [1.807, 2.05) is 13.8 Å². The summed E-state index contributed by atoms with van der Waals surface area (Å²) in [4.78, 5) is 2.48. The molecule has 1 saturated carbocycles. The highest BCUT2D eigenvalue weighted by atomic mass is 16.5. The first-order chi connectivity index (χ1) is 9.67. The third-order valence-electron chi connectivity index (χ3n) is 6.01. The summed E-state index contributed by atoms with van der Waals surface area (Å²) in [6.45, 7) is 11.5. The molecule has 1 N–H and O–H groups in total. The third kappa shape index (κ3) is 3.62. The summed E-state index contributed by atoms with van der Waals surface area (Å²) in [7, 11) is 2.23. The van der Waals surface area contributed by atoms with Crippen LogP contribution in [0.2, 0.25) is 0 Å². The van der Waals surface area contributed by atoms with E-state index in [2.05, 4.69) is 32.7 Å². The van der Waals surface area contributed by atoms with Gasteiger partial charge in [-0.15, -0.1) is 0 Å². The number of ether oxygens (including phenoxy) is 1. The number of hydrogen-bond donors (Lipinski definition) is 1. The van der Waals surface area contributed by atoms with Crippen LogP contribution < -0.4 is 0 Å². The topological polar surface area (TPSA) is 32.7 Å². The van der Waals surface area contributed by atoms with Crippen molar-refractivity contribution in [3.05, 3.63) is 0 Å². The van der Waals surface area contributed by atoms with E-state index >= 15 is 0 Å². The highest BCUT2D eigenvalue weighted by molar-refractivity contribution is 5.02. The quantitative estimate of drug-likeness (QED) is 0.862. The molecule has 0 aromatic carbocycles. The van der Waals surface area contributed by atoms with Crippen molar-refractivity contribution in [2.45, 2.75) is 90.1 Å². The van der Waals surface area contributed by atoms with E-state index in [1.165, 1.54) is 32.1 Å². The van der Waals surface area contributed by atoms with Gasteiger partial charge < -0.3 is 14.7 Å². The Labute approximate surface area is 131 Å². The third-order valence-corrected chi connectivity index (χ3v) is 6.01. The van der Waals surface area contributed by atoms with Crippen LogP contribution in [0.15, 0.2) is 0 Å². The zero-order chi connectivity index (χ0) is 15.8. The first kappa shape index (κ1) is 17.2. The summed E-state index contributed by atoms with van der Waals surface area (Å²) in [6.07, 6.45) is 6.29. The van der Waals surface area contributed by atoms with Crippen LogP contribution in [0.4, 0.5) is 0 Å². The molecule has 2 aliphatic rings. The smallest absolute Gasteiger partial charge is 0.0896 e. The van der Waals surface area contributed by atoms with Crippen LogP contribution in [0.5, 0.6) is 0 Å². The van der Waals surface area contributed by atoms with Gasteiger partial charge in [0.25, 0.3) is 0 Å². The second-order valence-corrected chi connectivity index (χ2v) is 8.38. The fraction of sp³-hybridized carbons (Fsp3) is 1.00.